The van der Waals surface area contributed by atoms with Gasteiger partial charge >= 0.3 is 12.0 Å². The van der Waals surface area contributed by atoms with Gasteiger partial charge in [-0.25, -0.2) is 4.79 Å². The van der Waals surface area contributed by atoms with Crippen LogP contribution in [0.4, 0.5) is 16.2 Å². The first-order chi connectivity index (χ1) is 13.1. The Kier molecular flexibility index (Phi) is 5.79. The first-order valence-electron chi connectivity index (χ1n) is 8.50. The van der Waals surface area contributed by atoms with Crippen molar-refractivity contribution >= 4 is 23.4 Å². The first kappa shape index (κ1) is 18.1. The Morgan fingerprint density at radius 3 is 2.37 bits per heavy atom. The van der Waals surface area contributed by atoms with Gasteiger partial charge in [0.05, 0.1) is 5.69 Å². The Hall–Kier alpha value is -3.67. The molecule has 0 aliphatic rings. The average Bonchev–Trinajstić information content (AvgIpc) is 2.68. The number of urea groups is 1. The molecular weight excluding hydrogens is 342 g/mol. The number of nitrogens with zero attached hydrogens (tertiary/aromatic N) is 1. The largest absolute Gasteiger partial charge is 0.481 e. The molecule has 1 heterocycles. The molecule has 3 rings (SSSR count). The van der Waals surface area contributed by atoms with Gasteiger partial charge < -0.3 is 15.7 Å². The first-order valence-corrected chi connectivity index (χ1v) is 8.50. The van der Waals surface area contributed by atoms with Crippen LogP contribution in [0.2, 0.25) is 0 Å². The van der Waals surface area contributed by atoms with E-state index in [-0.39, 0.29) is 12.5 Å². The van der Waals surface area contributed by atoms with E-state index in [1.807, 2.05) is 48.5 Å². The zero-order chi connectivity index (χ0) is 19.1. The average molecular weight is 361 g/mol. The van der Waals surface area contributed by atoms with Crippen LogP contribution in [0, 0.1) is 0 Å². The van der Waals surface area contributed by atoms with Crippen LogP contribution < -0.4 is 10.6 Å². The Labute approximate surface area is 156 Å². The molecule has 0 radical (unpaired) electrons. The molecule has 0 saturated carbocycles. The van der Waals surface area contributed by atoms with Gasteiger partial charge in [0.25, 0.3) is 0 Å². The van der Waals surface area contributed by atoms with Crippen LogP contribution in [0.1, 0.15) is 12.0 Å². The molecule has 0 atom stereocenters. The highest BCUT2D eigenvalue weighted by Crippen LogP contribution is 2.19. The number of aliphatic carboxylic acids is 1. The lowest BCUT2D eigenvalue weighted by Crippen LogP contribution is -2.19. The molecule has 1 aromatic heterocycles. The zero-order valence-electron chi connectivity index (χ0n) is 14.6. The number of carbonyl (C=O) groups excluding carboxylic acids is 1. The van der Waals surface area contributed by atoms with Gasteiger partial charge in [-0.05, 0) is 48.4 Å². The molecule has 6 nitrogen and oxygen atoms in total. The molecule has 0 aliphatic carbocycles. The smallest absolute Gasteiger partial charge is 0.323 e. The summed E-state index contributed by atoms with van der Waals surface area (Å²) in [7, 11) is 0. The molecule has 0 bridgehead atoms. The van der Waals surface area contributed by atoms with Crippen molar-refractivity contribution in [3.05, 3.63) is 78.5 Å². The molecule has 3 N–H and O–H groups in total. The van der Waals surface area contributed by atoms with Crippen molar-refractivity contribution in [3.63, 3.8) is 0 Å². The van der Waals surface area contributed by atoms with E-state index in [0.717, 1.165) is 16.8 Å². The normalized spacial score (nSPS) is 10.2. The molecule has 6 heteroatoms. The third kappa shape index (κ3) is 5.40. The number of anilines is 2. The predicted molar refractivity (Wildman–Crippen MR) is 105 cm³/mol. The van der Waals surface area contributed by atoms with E-state index in [1.165, 1.54) is 0 Å². The van der Waals surface area contributed by atoms with E-state index >= 15 is 0 Å². The number of hydrogen-bond donors (Lipinski definition) is 3. The third-order valence-electron chi connectivity index (χ3n) is 3.92. The van der Waals surface area contributed by atoms with Gasteiger partial charge in [0.15, 0.2) is 0 Å². The maximum Gasteiger partial charge on any atom is 0.323 e. The van der Waals surface area contributed by atoms with Crippen LogP contribution in [0.15, 0.2) is 72.9 Å². The summed E-state index contributed by atoms with van der Waals surface area (Å²) in [5.41, 5.74) is 3.96. The number of carbonyl (C=O) groups is 2. The summed E-state index contributed by atoms with van der Waals surface area (Å²) in [4.78, 5) is 27.1. The fraction of sp³-hybridized carbons (Fsp3) is 0.0952. The van der Waals surface area contributed by atoms with Gasteiger partial charge in [-0.2, -0.15) is 0 Å². The SMILES string of the molecule is O=C(O)CCc1cccc(NC(=O)Nc2ccc(-c3ccccn3)cc2)c1. The summed E-state index contributed by atoms with van der Waals surface area (Å²) in [5, 5.41) is 14.3. The van der Waals surface area contributed by atoms with E-state index in [9.17, 15) is 9.59 Å². The minimum absolute atomic E-state index is 0.0538. The number of carboxylic acids is 1. The molecule has 136 valence electrons. The van der Waals surface area contributed by atoms with E-state index in [1.54, 1.807) is 24.4 Å². The number of benzene rings is 2. The van der Waals surface area contributed by atoms with Crippen molar-refractivity contribution < 1.29 is 14.7 Å². The maximum absolute atomic E-state index is 12.2. The molecule has 2 aromatic carbocycles. The number of carboxylic acid groups (broad SMARTS) is 1. The van der Waals surface area contributed by atoms with Crippen molar-refractivity contribution in [1.29, 1.82) is 0 Å². The van der Waals surface area contributed by atoms with Crippen LogP contribution in [-0.4, -0.2) is 22.1 Å². The lowest BCUT2D eigenvalue weighted by Gasteiger charge is -2.09. The number of hydrogen-bond acceptors (Lipinski definition) is 3. The monoisotopic (exact) mass is 361 g/mol. The number of aromatic nitrogens is 1. The Balaban J connectivity index is 1.59. The molecule has 0 spiro atoms. The molecule has 0 fully saturated rings. The van der Waals surface area contributed by atoms with Crippen molar-refractivity contribution in [2.45, 2.75) is 12.8 Å². The summed E-state index contributed by atoms with van der Waals surface area (Å²) in [6, 6.07) is 19.9. The highest BCUT2D eigenvalue weighted by atomic mass is 16.4. The fourth-order valence-electron chi connectivity index (χ4n) is 2.61. The number of nitrogens with one attached hydrogen (secondary N) is 2. The number of aryl methyl sites for hydroxylation is 1. The minimum atomic E-state index is -0.847. The summed E-state index contributed by atoms with van der Waals surface area (Å²) in [6.45, 7) is 0. The quantitative estimate of drug-likeness (QED) is 0.606. The summed E-state index contributed by atoms with van der Waals surface area (Å²) >= 11 is 0. The van der Waals surface area contributed by atoms with Crippen LogP contribution in [-0.2, 0) is 11.2 Å². The van der Waals surface area contributed by atoms with Gasteiger partial charge in [0.1, 0.15) is 0 Å². The molecule has 27 heavy (non-hydrogen) atoms. The maximum atomic E-state index is 12.2. The lowest BCUT2D eigenvalue weighted by molar-refractivity contribution is -0.136. The molecule has 2 amide bonds. The second-order valence-electron chi connectivity index (χ2n) is 5.97. The predicted octanol–water partition coefficient (Wildman–Crippen LogP) is 4.41. The van der Waals surface area contributed by atoms with Crippen molar-refractivity contribution in [2.75, 3.05) is 10.6 Å². The van der Waals surface area contributed by atoms with Crippen molar-refractivity contribution in [2.24, 2.45) is 0 Å². The summed E-state index contributed by atoms with van der Waals surface area (Å²) in [5.74, 6) is -0.847. The minimum Gasteiger partial charge on any atom is -0.481 e. The standard InChI is InChI=1S/C21H19N3O3/c25-20(26)12-7-15-4-3-5-18(14-15)24-21(27)23-17-10-8-16(9-11-17)19-6-1-2-13-22-19/h1-6,8-11,13-14H,7,12H2,(H,25,26)(H2,23,24,27). The number of rotatable bonds is 6. The number of amides is 2. The fourth-order valence-corrected chi connectivity index (χ4v) is 2.61. The Morgan fingerprint density at radius 1 is 0.889 bits per heavy atom. The molecular formula is C21H19N3O3. The van der Waals surface area contributed by atoms with Crippen molar-refractivity contribution in [3.8, 4) is 11.3 Å². The number of pyridine rings is 1. The van der Waals surface area contributed by atoms with E-state index in [0.29, 0.717) is 17.8 Å². The van der Waals surface area contributed by atoms with Gasteiger partial charge in [-0.1, -0.05) is 30.3 Å². The Bertz CT molecular complexity index is 925. The van der Waals surface area contributed by atoms with E-state index in [2.05, 4.69) is 15.6 Å². The van der Waals surface area contributed by atoms with Crippen LogP contribution in [0.3, 0.4) is 0 Å². The van der Waals surface area contributed by atoms with Crippen LogP contribution >= 0.6 is 0 Å². The highest BCUT2D eigenvalue weighted by molar-refractivity contribution is 5.99. The summed E-state index contributed by atoms with van der Waals surface area (Å²) < 4.78 is 0. The molecule has 3 aromatic rings. The highest BCUT2D eigenvalue weighted by Gasteiger charge is 2.05. The van der Waals surface area contributed by atoms with Gasteiger partial charge in [-0.3, -0.25) is 9.78 Å². The lowest BCUT2D eigenvalue weighted by atomic mass is 10.1. The van der Waals surface area contributed by atoms with E-state index in [4.69, 9.17) is 5.11 Å². The summed E-state index contributed by atoms with van der Waals surface area (Å²) in [6.07, 6.45) is 2.21. The van der Waals surface area contributed by atoms with Gasteiger partial charge in [0.2, 0.25) is 0 Å². The molecule has 0 saturated heterocycles. The second-order valence-corrected chi connectivity index (χ2v) is 5.97. The van der Waals surface area contributed by atoms with Gasteiger partial charge in [-0.15, -0.1) is 0 Å². The third-order valence-corrected chi connectivity index (χ3v) is 3.92. The van der Waals surface area contributed by atoms with Crippen LogP contribution in [0.25, 0.3) is 11.3 Å². The van der Waals surface area contributed by atoms with E-state index < -0.39 is 5.97 Å². The van der Waals surface area contributed by atoms with Crippen molar-refractivity contribution in [1.82, 2.24) is 4.98 Å². The zero-order valence-corrected chi connectivity index (χ0v) is 14.6. The Morgan fingerprint density at radius 2 is 1.67 bits per heavy atom. The molecule has 0 aliphatic heterocycles. The topological polar surface area (TPSA) is 91.3 Å². The molecule has 0 unspecified atom stereocenters. The van der Waals surface area contributed by atoms with Crippen LogP contribution in [0.5, 0.6) is 0 Å². The second kappa shape index (κ2) is 8.62. The van der Waals surface area contributed by atoms with Gasteiger partial charge in [0, 0.05) is 29.6 Å².